The summed E-state index contributed by atoms with van der Waals surface area (Å²) in [6, 6.07) is 15.3. The zero-order valence-corrected chi connectivity index (χ0v) is 16.9. The molecular weight excluding hydrogens is 364 g/mol. The monoisotopic (exact) mass is 390 g/mol. The van der Waals surface area contributed by atoms with E-state index in [2.05, 4.69) is 31.0 Å². The number of benzene rings is 2. The number of aromatic nitrogens is 1. The van der Waals surface area contributed by atoms with Gasteiger partial charge in [-0.3, -0.25) is 9.69 Å². The fraction of sp³-hybridized carbons (Fsp3) is 0.333. The average molecular weight is 390 g/mol. The van der Waals surface area contributed by atoms with Gasteiger partial charge in [0, 0.05) is 29.2 Å². The Balaban J connectivity index is 1.52. The summed E-state index contributed by atoms with van der Waals surface area (Å²) < 4.78 is 5.47. The number of ketones is 1. The van der Waals surface area contributed by atoms with E-state index in [-0.39, 0.29) is 12.4 Å². The molecule has 0 bridgehead atoms. The topological polar surface area (TPSA) is 62.4 Å². The fourth-order valence-corrected chi connectivity index (χ4v) is 3.94. The standard InChI is InChI=1S/C24H26N2O3/c1-16(2)18-10-11-21-19(13-18)20(14-25-21)23(27)22-9-6-12-26(22)24(28)29-15-17-7-4-3-5-8-17/h3-5,7-8,10-11,13-14,16,22,25H,6,9,12,15H2,1-2H3/t22-/m1/s1. The van der Waals surface area contributed by atoms with Gasteiger partial charge in [-0.15, -0.1) is 0 Å². The number of rotatable bonds is 5. The van der Waals surface area contributed by atoms with Crippen molar-refractivity contribution in [2.75, 3.05) is 6.54 Å². The maximum atomic E-state index is 13.3. The molecule has 29 heavy (non-hydrogen) atoms. The number of Topliss-reactive ketones (excluding diaryl/α,β-unsaturated/α-hetero) is 1. The lowest BCUT2D eigenvalue weighted by Crippen LogP contribution is -2.40. The summed E-state index contributed by atoms with van der Waals surface area (Å²) in [7, 11) is 0. The number of likely N-dealkylation sites (tertiary alicyclic amines) is 1. The normalized spacial score (nSPS) is 16.5. The molecule has 1 N–H and O–H groups in total. The summed E-state index contributed by atoms with van der Waals surface area (Å²) in [5.74, 6) is 0.361. The van der Waals surface area contributed by atoms with Crippen LogP contribution < -0.4 is 0 Å². The van der Waals surface area contributed by atoms with Crippen molar-refractivity contribution >= 4 is 22.8 Å². The van der Waals surface area contributed by atoms with Crippen molar-refractivity contribution in [3.8, 4) is 0 Å². The maximum Gasteiger partial charge on any atom is 0.410 e. The first-order chi connectivity index (χ1) is 14.0. The molecule has 2 aromatic carbocycles. The molecule has 0 aliphatic carbocycles. The van der Waals surface area contributed by atoms with Gasteiger partial charge in [-0.1, -0.05) is 50.2 Å². The van der Waals surface area contributed by atoms with Crippen LogP contribution in [0.2, 0.25) is 0 Å². The second kappa shape index (κ2) is 8.11. The second-order valence-electron chi connectivity index (χ2n) is 7.92. The van der Waals surface area contributed by atoms with Crippen molar-refractivity contribution in [1.82, 2.24) is 9.88 Å². The number of nitrogens with zero attached hydrogens (tertiary/aromatic N) is 1. The molecular formula is C24H26N2O3. The van der Waals surface area contributed by atoms with Gasteiger partial charge in [-0.25, -0.2) is 4.79 Å². The summed E-state index contributed by atoms with van der Waals surface area (Å²) >= 11 is 0. The van der Waals surface area contributed by atoms with Gasteiger partial charge in [-0.05, 0) is 42.0 Å². The van der Waals surface area contributed by atoms with Crippen LogP contribution in [0.25, 0.3) is 10.9 Å². The molecule has 5 nitrogen and oxygen atoms in total. The van der Waals surface area contributed by atoms with E-state index in [9.17, 15) is 9.59 Å². The summed E-state index contributed by atoms with van der Waals surface area (Å²) in [6.07, 6.45) is 2.81. The molecule has 1 aromatic heterocycles. The quantitative estimate of drug-likeness (QED) is 0.603. The first-order valence-electron chi connectivity index (χ1n) is 10.2. The lowest BCUT2D eigenvalue weighted by molar-refractivity contribution is 0.0739. The van der Waals surface area contributed by atoms with Crippen LogP contribution in [0.1, 0.15) is 54.1 Å². The summed E-state index contributed by atoms with van der Waals surface area (Å²) in [5, 5.41) is 0.922. The van der Waals surface area contributed by atoms with E-state index in [0.717, 1.165) is 22.9 Å². The SMILES string of the molecule is CC(C)c1ccc2[nH]cc(C(=O)[C@H]3CCCN3C(=O)OCc3ccccc3)c2c1. The number of H-pyrrole nitrogens is 1. The molecule has 3 aromatic rings. The number of carbonyl (C=O) groups is 2. The molecule has 4 rings (SSSR count). The molecule has 5 heteroatoms. The average Bonchev–Trinajstić information content (AvgIpc) is 3.39. The van der Waals surface area contributed by atoms with Crippen LogP contribution in [0, 0.1) is 0 Å². The molecule has 1 fully saturated rings. The minimum Gasteiger partial charge on any atom is -0.445 e. The Kier molecular flexibility index (Phi) is 5.38. The number of hydrogen-bond acceptors (Lipinski definition) is 3. The highest BCUT2D eigenvalue weighted by atomic mass is 16.6. The van der Waals surface area contributed by atoms with E-state index in [1.165, 1.54) is 5.56 Å². The summed E-state index contributed by atoms with van der Waals surface area (Å²) in [6.45, 7) is 5.03. The third-order valence-corrected chi connectivity index (χ3v) is 5.63. The molecule has 0 saturated carbocycles. The van der Waals surface area contributed by atoms with Crippen molar-refractivity contribution in [3.05, 3.63) is 71.4 Å². The van der Waals surface area contributed by atoms with Gasteiger partial charge in [0.1, 0.15) is 6.61 Å². The van der Waals surface area contributed by atoms with E-state index in [4.69, 9.17) is 4.74 Å². The Hall–Kier alpha value is -3.08. The van der Waals surface area contributed by atoms with Crippen LogP contribution >= 0.6 is 0 Å². The number of carbonyl (C=O) groups excluding carboxylic acids is 2. The van der Waals surface area contributed by atoms with Gasteiger partial charge < -0.3 is 9.72 Å². The summed E-state index contributed by atoms with van der Waals surface area (Å²) in [4.78, 5) is 30.8. The predicted molar refractivity (Wildman–Crippen MR) is 113 cm³/mol. The lowest BCUT2D eigenvalue weighted by atomic mass is 9.97. The smallest absolute Gasteiger partial charge is 0.410 e. The van der Waals surface area contributed by atoms with Crippen LogP contribution in [0.15, 0.2) is 54.7 Å². The summed E-state index contributed by atoms with van der Waals surface area (Å²) in [5.41, 5.74) is 3.71. The Morgan fingerprint density at radius 2 is 1.97 bits per heavy atom. The number of aromatic amines is 1. The van der Waals surface area contributed by atoms with Gasteiger partial charge in [0.05, 0.1) is 6.04 Å². The number of nitrogens with one attached hydrogen (secondary N) is 1. The van der Waals surface area contributed by atoms with E-state index >= 15 is 0 Å². The minimum absolute atomic E-state index is 0.0219. The highest BCUT2D eigenvalue weighted by Crippen LogP contribution is 2.28. The second-order valence-corrected chi connectivity index (χ2v) is 7.92. The van der Waals surface area contributed by atoms with Crippen LogP contribution in [-0.4, -0.2) is 34.3 Å². The van der Waals surface area contributed by atoms with Gasteiger partial charge in [0.25, 0.3) is 0 Å². The molecule has 2 heterocycles. The zero-order valence-electron chi connectivity index (χ0n) is 16.9. The van der Waals surface area contributed by atoms with E-state index < -0.39 is 12.1 Å². The molecule has 150 valence electrons. The van der Waals surface area contributed by atoms with Crippen molar-refractivity contribution in [1.29, 1.82) is 0 Å². The van der Waals surface area contributed by atoms with Crippen LogP contribution in [-0.2, 0) is 11.3 Å². The number of amides is 1. The van der Waals surface area contributed by atoms with E-state index in [0.29, 0.717) is 24.4 Å². The van der Waals surface area contributed by atoms with E-state index in [1.807, 2.05) is 36.4 Å². The van der Waals surface area contributed by atoms with Gasteiger partial charge in [0.2, 0.25) is 0 Å². The molecule has 1 amide bonds. The first-order valence-corrected chi connectivity index (χ1v) is 10.2. The van der Waals surface area contributed by atoms with Gasteiger partial charge in [0.15, 0.2) is 5.78 Å². The van der Waals surface area contributed by atoms with Crippen LogP contribution in [0.3, 0.4) is 0 Å². The predicted octanol–water partition coefficient (Wildman–Crippen LogP) is 5.28. The number of fused-ring (bicyclic) bond motifs is 1. The fourth-order valence-electron chi connectivity index (χ4n) is 3.94. The Morgan fingerprint density at radius 1 is 1.17 bits per heavy atom. The highest BCUT2D eigenvalue weighted by molar-refractivity contribution is 6.11. The minimum atomic E-state index is -0.472. The molecule has 0 spiro atoms. The molecule has 1 aliphatic rings. The zero-order chi connectivity index (χ0) is 20.4. The molecule has 1 saturated heterocycles. The Bertz CT molecular complexity index is 1020. The maximum absolute atomic E-state index is 13.3. The lowest BCUT2D eigenvalue weighted by Gasteiger charge is -2.23. The molecule has 1 atom stereocenters. The van der Waals surface area contributed by atoms with Gasteiger partial charge >= 0.3 is 6.09 Å². The Labute approximate surface area is 170 Å². The van der Waals surface area contributed by atoms with Crippen molar-refractivity contribution in [2.45, 2.75) is 45.3 Å². The van der Waals surface area contributed by atoms with Crippen LogP contribution in [0.4, 0.5) is 4.79 Å². The Morgan fingerprint density at radius 3 is 2.72 bits per heavy atom. The first kappa shape index (κ1) is 19.2. The van der Waals surface area contributed by atoms with Crippen molar-refractivity contribution < 1.29 is 14.3 Å². The third kappa shape index (κ3) is 3.90. The number of hydrogen-bond donors (Lipinski definition) is 1. The number of ether oxygens (including phenoxy) is 1. The van der Waals surface area contributed by atoms with Crippen molar-refractivity contribution in [3.63, 3.8) is 0 Å². The molecule has 0 unspecified atom stereocenters. The van der Waals surface area contributed by atoms with Gasteiger partial charge in [-0.2, -0.15) is 0 Å². The van der Waals surface area contributed by atoms with Crippen LogP contribution in [0.5, 0.6) is 0 Å². The highest BCUT2D eigenvalue weighted by Gasteiger charge is 2.36. The molecule has 1 aliphatic heterocycles. The largest absolute Gasteiger partial charge is 0.445 e. The van der Waals surface area contributed by atoms with E-state index in [1.54, 1.807) is 11.1 Å². The molecule has 0 radical (unpaired) electrons. The van der Waals surface area contributed by atoms with Crippen molar-refractivity contribution in [2.24, 2.45) is 0 Å². The third-order valence-electron chi connectivity index (χ3n) is 5.63.